The number of rotatable bonds is 2. The summed E-state index contributed by atoms with van der Waals surface area (Å²) in [7, 11) is 0. The van der Waals surface area contributed by atoms with E-state index in [-0.39, 0.29) is 0 Å². The van der Waals surface area contributed by atoms with E-state index in [2.05, 4.69) is 23.9 Å². The Bertz CT molecular complexity index is 55.1. The van der Waals surface area contributed by atoms with Gasteiger partial charge in [0.25, 0.3) is 0 Å². The molecular formula is C5H12N2. The largest absolute Gasteiger partial charge is 0.225 e. The summed E-state index contributed by atoms with van der Waals surface area (Å²) in [6.07, 6.45) is 0. The lowest BCUT2D eigenvalue weighted by atomic mass is 10.8. The van der Waals surface area contributed by atoms with Gasteiger partial charge in [0.05, 0.1) is 6.67 Å². The Labute approximate surface area is 44.7 Å². The first-order valence-corrected chi connectivity index (χ1v) is 2.88. The van der Waals surface area contributed by atoms with Crippen molar-refractivity contribution in [2.75, 3.05) is 19.8 Å². The predicted molar refractivity (Wildman–Crippen MR) is 29.6 cm³/mol. The molecule has 1 heterocycles. The zero-order chi connectivity index (χ0) is 5.28. The monoisotopic (exact) mass is 100 g/mol. The molecule has 0 aromatic carbocycles. The molecule has 2 unspecified atom stereocenters. The molecule has 7 heavy (non-hydrogen) atoms. The summed E-state index contributed by atoms with van der Waals surface area (Å²) in [4.78, 5) is 0. The molecule has 0 amide bonds. The van der Waals surface area contributed by atoms with Crippen LogP contribution in [0.1, 0.15) is 13.8 Å². The Morgan fingerprint density at radius 2 is 1.57 bits per heavy atom. The molecule has 1 rings (SSSR count). The molecule has 0 radical (unpaired) electrons. The van der Waals surface area contributed by atoms with Crippen LogP contribution in [0.5, 0.6) is 0 Å². The maximum atomic E-state index is 2.31. The topological polar surface area (TPSA) is 6.02 Å². The summed E-state index contributed by atoms with van der Waals surface area (Å²) in [5.41, 5.74) is 0. The van der Waals surface area contributed by atoms with Crippen molar-refractivity contribution >= 4 is 0 Å². The molecule has 42 valence electrons. The maximum absolute atomic E-state index is 2.31. The fraction of sp³-hybridized carbons (Fsp3) is 1.00. The normalized spacial score (nSPS) is 38.6. The van der Waals surface area contributed by atoms with E-state index < -0.39 is 0 Å². The summed E-state index contributed by atoms with van der Waals surface area (Å²) in [6.45, 7) is 7.89. The van der Waals surface area contributed by atoms with Gasteiger partial charge in [-0.15, -0.1) is 0 Å². The molecule has 0 N–H and O–H groups in total. The Hall–Kier alpha value is -0.0800. The quantitative estimate of drug-likeness (QED) is 0.466. The van der Waals surface area contributed by atoms with Crippen LogP contribution in [0.2, 0.25) is 0 Å². The van der Waals surface area contributed by atoms with Crippen molar-refractivity contribution < 1.29 is 0 Å². The van der Waals surface area contributed by atoms with Gasteiger partial charge in [0.1, 0.15) is 0 Å². The minimum absolute atomic E-state index is 1.17. The summed E-state index contributed by atoms with van der Waals surface area (Å²) < 4.78 is 0. The molecule has 1 aliphatic heterocycles. The molecule has 2 heteroatoms. The number of nitrogens with zero attached hydrogens (tertiary/aromatic N) is 2. The highest BCUT2D eigenvalue weighted by Gasteiger charge is 2.25. The van der Waals surface area contributed by atoms with Gasteiger partial charge in [-0.1, -0.05) is 13.8 Å². The molecule has 2 atom stereocenters. The molecule has 0 spiro atoms. The molecule has 1 fully saturated rings. The lowest BCUT2D eigenvalue weighted by Crippen LogP contribution is -2.04. The van der Waals surface area contributed by atoms with Crippen LogP contribution in [0.4, 0.5) is 0 Å². The van der Waals surface area contributed by atoms with Crippen LogP contribution in [0.15, 0.2) is 0 Å². The second-order valence-electron chi connectivity index (χ2n) is 1.79. The summed E-state index contributed by atoms with van der Waals surface area (Å²) in [6, 6.07) is 0. The van der Waals surface area contributed by atoms with Crippen molar-refractivity contribution in [3.05, 3.63) is 0 Å². The third-order valence-corrected chi connectivity index (χ3v) is 1.37. The van der Waals surface area contributed by atoms with Gasteiger partial charge in [-0.25, -0.2) is 10.0 Å². The number of hydrogen-bond acceptors (Lipinski definition) is 2. The zero-order valence-electron chi connectivity index (χ0n) is 5.02. The molecule has 0 aromatic rings. The zero-order valence-corrected chi connectivity index (χ0v) is 5.02. The van der Waals surface area contributed by atoms with Crippen LogP contribution in [0, 0.1) is 0 Å². The minimum atomic E-state index is 1.17. The highest BCUT2D eigenvalue weighted by Crippen LogP contribution is 2.11. The first-order chi connectivity index (χ1) is 3.38. The second kappa shape index (κ2) is 1.80. The third kappa shape index (κ3) is 0.924. The van der Waals surface area contributed by atoms with E-state index in [0.717, 1.165) is 0 Å². The molecule has 2 nitrogen and oxygen atoms in total. The van der Waals surface area contributed by atoms with Crippen LogP contribution >= 0.6 is 0 Å². The Kier molecular flexibility index (Phi) is 1.30. The minimum Gasteiger partial charge on any atom is -0.225 e. The fourth-order valence-electron chi connectivity index (χ4n) is 0.760. The van der Waals surface area contributed by atoms with Crippen molar-refractivity contribution in [1.82, 2.24) is 10.0 Å². The highest BCUT2D eigenvalue weighted by atomic mass is 15.8. The van der Waals surface area contributed by atoms with Gasteiger partial charge in [-0.3, -0.25) is 0 Å². The molecule has 0 saturated carbocycles. The lowest BCUT2D eigenvalue weighted by Gasteiger charge is -1.93. The average Bonchev–Trinajstić information content (AvgIpc) is 2.43. The molecule has 0 aliphatic carbocycles. The Morgan fingerprint density at radius 3 is 1.71 bits per heavy atom. The Balaban J connectivity index is 2.06. The summed E-state index contributed by atoms with van der Waals surface area (Å²) >= 11 is 0. The van der Waals surface area contributed by atoms with Gasteiger partial charge in [0.15, 0.2) is 0 Å². The third-order valence-electron chi connectivity index (χ3n) is 1.37. The van der Waals surface area contributed by atoms with E-state index in [9.17, 15) is 0 Å². The van der Waals surface area contributed by atoms with Crippen molar-refractivity contribution in [1.29, 1.82) is 0 Å². The Morgan fingerprint density at radius 1 is 1.14 bits per heavy atom. The molecular weight excluding hydrogens is 88.1 g/mol. The second-order valence-corrected chi connectivity index (χ2v) is 1.79. The van der Waals surface area contributed by atoms with E-state index in [1.165, 1.54) is 19.8 Å². The molecule has 1 saturated heterocycles. The fourth-order valence-corrected chi connectivity index (χ4v) is 0.760. The van der Waals surface area contributed by atoms with Crippen molar-refractivity contribution in [3.63, 3.8) is 0 Å². The van der Waals surface area contributed by atoms with Crippen LogP contribution in [0.25, 0.3) is 0 Å². The van der Waals surface area contributed by atoms with E-state index in [1.54, 1.807) is 0 Å². The first-order valence-electron chi connectivity index (χ1n) is 2.88. The van der Waals surface area contributed by atoms with Crippen molar-refractivity contribution in [2.45, 2.75) is 13.8 Å². The van der Waals surface area contributed by atoms with Crippen LogP contribution in [-0.2, 0) is 0 Å². The highest BCUT2D eigenvalue weighted by molar-refractivity contribution is 4.63. The summed E-state index contributed by atoms with van der Waals surface area (Å²) in [5, 5.41) is 4.61. The van der Waals surface area contributed by atoms with Crippen LogP contribution < -0.4 is 0 Å². The average molecular weight is 100 g/mol. The van der Waals surface area contributed by atoms with E-state index in [1.807, 2.05) is 0 Å². The number of hydrazine groups is 1. The van der Waals surface area contributed by atoms with Crippen LogP contribution in [-0.4, -0.2) is 29.8 Å². The summed E-state index contributed by atoms with van der Waals surface area (Å²) in [5.74, 6) is 0. The van der Waals surface area contributed by atoms with Gasteiger partial charge in [-0.2, -0.15) is 0 Å². The van der Waals surface area contributed by atoms with Crippen molar-refractivity contribution in [3.8, 4) is 0 Å². The molecule has 0 bridgehead atoms. The smallest absolute Gasteiger partial charge is 0.0787 e. The van der Waals surface area contributed by atoms with Gasteiger partial charge < -0.3 is 0 Å². The standard InChI is InChI=1S/C5H12N2/c1-3-6-5-7(6)4-2/h3-5H2,1-2H3. The number of hydrogen-bond donors (Lipinski definition) is 0. The van der Waals surface area contributed by atoms with Gasteiger partial charge >= 0.3 is 0 Å². The van der Waals surface area contributed by atoms with Crippen molar-refractivity contribution in [2.24, 2.45) is 0 Å². The van der Waals surface area contributed by atoms with Gasteiger partial charge in [0.2, 0.25) is 0 Å². The maximum Gasteiger partial charge on any atom is 0.0787 e. The van der Waals surface area contributed by atoms with Gasteiger partial charge in [-0.05, 0) is 0 Å². The molecule has 1 aliphatic rings. The first kappa shape index (κ1) is 5.06. The predicted octanol–water partition coefficient (Wildman–Crippen LogP) is 0.516. The van der Waals surface area contributed by atoms with Crippen LogP contribution in [0.3, 0.4) is 0 Å². The SMILES string of the molecule is CCN1CN1CC. The van der Waals surface area contributed by atoms with E-state index in [4.69, 9.17) is 0 Å². The molecule has 0 aromatic heterocycles. The van der Waals surface area contributed by atoms with E-state index in [0.29, 0.717) is 0 Å². The lowest BCUT2D eigenvalue weighted by molar-refractivity contribution is 0.330. The van der Waals surface area contributed by atoms with Gasteiger partial charge in [0, 0.05) is 13.1 Å². The van der Waals surface area contributed by atoms with E-state index >= 15 is 0 Å².